The van der Waals surface area contributed by atoms with Gasteiger partial charge in [0.05, 0.1) is 19.0 Å². The molecule has 0 saturated carbocycles. The van der Waals surface area contributed by atoms with Crippen molar-refractivity contribution in [2.45, 2.75) is 45.3 Å². The quantitative estimate of drug-likeness (QED) is 0.551. The van der Waals surface area contributed by atoms with Gasteiger partial charge < -0.3 is 15.2 Å². The van der Waals surface area contributed by atoms with Crippen molar-refractivity contribution in [3.05, 3.63) is 50.7 Å². The second-order valence-electron chi connectivity index (χ2n) is 7.22. The van der Waals surface area contributed by atoms with Gasteiger partial charge in [-0.3, -0.25) is 9.36 Å². The molecule has 0 aliphatic rings. The number of nitriles is 1. The lowest BCUT2D eigenvalue weighted by Gasteiger charge is -2.21. The second kappa shape index (κ2) is 9.73. The Hall–Kier alpha value is -3.61. The van der Waals surface area contributed by atoms with Crippen molar-refractivity contribution in [1.29, 1.82) is 5.26 Å². The van der Waals surface area contributed by atoms with Crippen LogP contribution in [0.4, 0.5) is 5.82 Å². The Labute approximate surface area is 173 Å². The van der Waals surface area contributed by atoms with E-state index in [1.54, 1.807) is 18.2 Å². The average Bonchev–Trinajstić information content (AvgIpc) is 2.70. The van der Waals surface area contributed by atoms with Crippen LogP contribution in [0.1, 0.15) is 32.3 Å². The number of benzene rings is 1. The Morgan fingerprint density at radius 3 is 2.77 bits per heavy atom. The average molecular weight is 415 g/mol. The van der Waals surface area contributed by atoms with E-state index in [1.165, 1.54) is 20.9 Å². The van der Waals surface area contributed by atoms with Crippen molar-refractivity contribution in [3.63, 3.8) is 0 Å². The van der Waals surface area contributed by atoms with E-state index >= 15 is 0 Å². The number of hydrogen-bond donors (Lipinski definition) is 2. The topological polar surface area (TPSA) is 139 Å². The Morgan fingerprint density at radius 1 is 1.37 bits per heavy atom. The van der Waals surface area contributed by atoms with Crippen molar-refractivity contribution in [1.82, 2.24) is 14.3 Å². The molecule has 160 valence electrons. The van der Waals surface area contributed by atoms with Gasteiger partial charge in [0.25, 0.3) is 5.56 Å². The molecule has 0 saturated heterocycles. The molecule has 2 rings (SSSR count). The largest absolute Gasteiger partial charge is 0.478 e. The number of hydrogen-bond acceptors (Lipinski definition) is 7. The maximum Gasteiger partial charge on any atom is 0.347 e. The summed E-state index contributed by atoms with van der Waals surface area (Å²) in [5, 5.41) is 24.8. The first-order chi connectivity index (χ1) is 14.2. The molecule has 1 heterocycles. The fourth-order valence-corrected chi connectivity index (χ4v) is 2.64. The highest BCUT2D eigenvalue weighted by atomic mass is 16.5. The molecule has 30 heavy (non-hydrogen) atoms. The Bertz CT molecular complexity index is 1060. The lowest BCUT2D eigenvalue weighted by molar-refractivity contribution is -0.152. The summed E-state index contributed by atoms with van der Waals surface area (Å²) in [5.74, 6) is -0.536. The fraction of sp³-hybridized carbons (Fsp3) is 0.450. The van der Waals surface area contributed by atoms with Crippen LogP contribution >= 0.6 is 0 Å². The summed E-state index contributed by atoms with van der Waals surface area (Å²) in [6, 6.07) is 9.12. The minimum Gasteiger partial charge on any atom is -0.478 e. The van der Waals surface area contributed by atoms with Gasteiger partial charge in [-0.1, -0.05) is 12.1 Å². The zero-order valence-electron chi connectivity index (χ0n) is 17.2. The minimum absolute atomic E-state index is 0.0512. The van der Waals surface area contributed by atoms with Crippen molar-refractivity contribution < 1.29 is 14.6 Å². The summed E-state index contributed by atoms with van der Waals surface area (Å²) in [6.07, 6.45) is 1.43. The molecule has 0 radical (unpaired) electrons. The van der Waals surface area contributed by atoms with Crippen LogP contribution in [0.2, 0.25) is 0 Å². The lowest BCUT2D eigenvalue weighted by Crippen LogP contribution is -2.41. The number of rotatable bonds is 10. The number of anilines is 1. The first-order valence-electron chi connectivity index (χ1n) is 9.46. The molecule has 2 N–H and O–H groups in total. The predicted octanol–water partition coefficient (Wildman–Crippen LogP) is 1.14. The molecule has 10 nitrogen and oxygen atoms in total. The van der Waals surface area contributed by atoms with Gasteiger partial charge >= 0.3 is 11.7 Å². The molecule has 2 aromatic rings. The van der Waals surface area contributed by atoms with Crippen molar-refractivity contribution in [2.24, 2.45) is 7.05 Å². The molecular weight excluding hydrogens is 390 g/mol. The molecular formula is C20H25N5O5. The third-order valence-corrected chi connectivity index (χ3v) is 4.39. The molecule has 0 amide bonds. The minimum atomic E-state index is -1.33. The predicted molar refractivity (Wildman–Crippen MR) is 110 cm³/mol. The first-order valence-corrected chi connectivity index (χ1v) is 9.46. The third kappa shape index (κ3) is 5.70. The summed E-state index contributed by atoms with van der Waals surface area (Å²) in [4.78, 5) is 35.4. The summed E-state index contributed by atoms with van der Waals surface area (Å²) in [7, 11) is 1.37. The van der Waals surface area contributed by atoms with Crippen LogP contribution in [-0.4, -0.2) is 37.6 Å². The van der Waals surface area contributed by atoms with Gasteiger partial charge in [-0.15, -0.1) is 5.10 Å². The van der Waals surface area contributed by atoms with Gasteiger partial charge in [-0.25, -0.2) is 14.3 Å². The second-order valence-corrected chi connectivity index (χ2v) is 7.22. The molecule has 0 fully saturated rings. The normalized spacial score (nSPS) is 11.0. The van der Waals surface area contributed by atoms with E-state index in [-0.39, 0.29) is 18.8 Å². The zero-order valence-corrected chi connectivity index (χ0v) is 17.2. The Kier molecular flexibility index (Phi) is 7.36. The highest BCUT2D eigenvalue weighted by Gasteiger charge is 2.29. The van der Waals surface area contributed by atoms with Crippen LogP contribution in [0.3, 0.4) is 0 Å². The van der Waals surface area contributed by atoms with Crippen LogP contribution in [0.15, 0.2) is 33.9 Å². The van der Waals surface area contributed by atoms with E-state index in [1.807, 2.05) is 12.1 Å². The fourth-order valence-electron chi connectivity index (χ4n) is 2.64. The number of carboxylic acids is 1. The van der Waals surface area contributed by atoms with Crippen LogP contribution in [0, 0.1) is 11.3 Å². The number of ether oxygens (including phenoxy) is 1. The summed E-state index contributed by atoms with van der Waals surface area (Å²) >= 11 is 0. The van der Waals surface area contributed by atoms with E-state index in [4.69, 9.17) is 10.00 Å². The molecule has 1 aromatic heterocycles. The molecule has 0 spiro atoms. The number of nitrogens with one attached hydrogen (secondary N) is 1. The zero-order chi connectivity index (χ0) is 22.3. The van der Waals surface area contributed by atoms with Gasteiger partial charge in [0.2, 0.25) is 5.82 Å². The molecule has 10 heteroatoms. The molecule has 0 aliphatic heterocycles. The number of carbonyl (C=O) groups is 1. The van der Waals surface area contributed by atoms with E-state index in [0.29, 0.717) is 25.1 Å². The van der Waals surface area contributed by atoms with Gasteiger partial charge in [0, 0.05) is 13.6 Å². The molecule has 0 bridgehead atoms. The SMILES string of the molecule is Cn1c(=O)c(NCCCc2cccc(OC(C)(C)C(=O)O)c2)nn(CCC#N)c1=O. The molecule has 0 atom stereocenters. The number of carboxylic acid groups (broad SMARTS) is 1. The summed E-state index contributed by atoms with van der Waals surface area (Å²) in [5.41, 5.74) is -1.47. The van der Waals surface area contributed by atoms with Crippen molar-refractivity contribution in [2.75, 3.05) is 11.9 Å². The molecule has 0 aliphatic carbocycles. The van der Waals surface area contributed by atoms with Crippen LogP contribution in [0.25, 0.3) is 0 Å². The van der Waals surface area contributed by atoms with Gasteiger partial charge in [0.15, 0.2) is 5.60 Å². The first kappa shape index (κ1) is 22.7. The molecule has 1 aromatic carbocycles. The third-order valence-electron chi connectivity index (χ3n) is 4.39. The van der Waals surface area contributed by atoms with Gasteiger partial charge in [0.1, 0.15) is 5.75 Å². The number of nitrogens with zero attached hydrogens (tertiary/aromatic N) is 4. The maximum absolute atomic E-state index is 12.2. The highest BCUT2D eigenvalue weighted by Crippen LogP contribution is 2.20. The summed E-state index contributed by atoms with van der Waals surface area (Å²) < 4.78 is 7.59. The standard InChI is InChI=1S/C20H25N5O5/c1-20(2,18(27)28)30-15-9-4-7-14(13-15)8-5-11-22-16-17(26)24(3)19(29)25(23-16)12-6-10-21/h4,7,9,13H,5-6,8,11-12H2,1-3H3,(H,22,23)(H,27,28). The van der Waals surface area contributed by atoms with Gasteiger partial charge in [-0.2, -0.15) is 5.26 Å². The molecule has 0 unspecified atom stereocenters. The van der Waals surface area contributed by atoms with E-state index in [9.17, 15) is 19.5 Å². The number of aliphatic carboxylic acids is 1. The van der Waals surface area contributed by atoms with Crippen LogP contribution < -0.4 is 21.3 Å². The van der Waals surface area contributed by atoms with E-state index < -0.39 is 22.8 Å². The Balaban J connectivity index is 1.99. The van der Waals surface area contributed by atoms with Crippen molar-refractivity contribution in [3.8, 4) is 11.8 Å². The maximum atomic E-state index is 12.2. The van der Waals surface area contributed by atoms with Gasteiger partial charge in [-0.05, 0) is 44.4 Å². The van der Waals surface area contributed by atoms with E-state index in [2.05, 4.69) is 10.4 Å². The number of aromatic nitrogens is 3. The smallest absolute Gasteiger partial charge is 0.347 e. The summed E-state index contributed by atoms with van der Waals surface area (Å²) in [6.45, 7) is 3.51. The number of aryl methyl sites for hydroxylation is 2. The highest BCUT2D eigenvalue weighted by molar-refractivity contribution is 5.76. The Morgan fingerprint density at radius 2 is 2.10 bits per heavy atom. The monoisotopic (exact) mass is 415 g/mol. The van der Waals surface area contributed by atoms with Crippen molar-refractivity contribution >= 4 is 11.8 Å². The van der Waals surface area contributed by atoms with Crippen LogP contribution in [0.5, 0.6) is 5.75 Å². The van der Waals surface area contributed by atoms with E-state index in [0.717, 1.165) is 14.8 Å². The van der Waals surface area contributed by atoms with Crippen LogP contribution in [-0.2, 0) is 24.8 Å². The lowest BCUT2D eigenvalue weighted by atomic mass is 10.1.